The van der Waals surface area contributed by atoms with Gasteiger partial charge < -0.3 is 10.2 Å². The van der Waals surface area contributed by atoms with Gasteiger partial charge in [0.05, 0.1) is 19.6 Å². The lowest BCUT2D eigenvalue weighted by Crippen LogP contribution is -2.11. The van der Waals surface area contributed by atoms with Crippen LogP contribution in [-0.4, -0.2) is 27.0 Å². The van der Waals surface area contributed by atoms with Crippen LogP contribution in [-0.2, 0) is 19.7 Å². The molecule has 0 atom stereocenters. The van der Waals surface area contributed by atoms with E-state index in [0.717, 1.165) is 23.3 Å². The molecule has 0 spiro atoms. The molecule has 0 aromatic heterocycles. The zero-order valence-corrected chi connectivity index (χ0v) is 16.8. The summed E-state index contributed by atoms with van der Waals surface area (Å²) >= 11 is 0. The Morgan fingerprint density at radius 2 is 0.857 bits per heavy atom. The smallest absolute Gasteiger partial charge is 0.208 e. The molecular weight excluding hydrogens is 400 g/mol. The molecule has 3 aromatic carbocycles. The third-order valence-electron chi connectivity index (χ3n) is 4.28. The number of sulfone groups is 2. The van der Waals surface area contributed by atoms with E-state index in [1.54, 1.807) is 38.1 Å². The SMILES string of the molecule is Cc1ccc(S(=O)(=O)c2cc(O)c(O)cc2S(=O)(=O)c2ccc(C)cc2)cc1. The van der Waals surface area contributed by atoms with Crippen LogP contribution < -0.4 is 0 Å². The van der Waals surface area contributed by atoms with Gasteiger partial charge in [-0.25, -0.2) is 16.8 Å². The molecule has 0 radical (unpaired) electrons. The van der Waals surface area contributed by atoms with Gasteiger partial charge in [-0.2, -0.15) is 0 Å². The van der Waals surface area contributed by atoms with E-state index < -0.39 is 41.0 Å². The van der Waals surface area contributed by atoms with Crippen LogP contribution in [0.25, 0.3) is 0 Å². The van der Waals surface area contributed by atoms with Crippen molar-refractivity contribution in [1.29, 1.82) is 0 Å². The molecule has 3 rings (SSSR count). The van der Waals surface area contributed by atoms with E-state index in [-0.39, 0.29) is 9.79 Å². The summed E-state index contributed by atoms with van der Waals surface area (Å²) in [6.45, 7) is 3.58. The van der Waals surface area contributed by atoms with E-state index >= 15 is 0 Å². The molecule has 0 aliphatic carbocycles. The lowest BCUT2D eigenvalue weighted by atomic mass is 10.2. The standard InChI is InChI=1S/C20H18O6S2/c1-13-3-7-15(8-4-13)27(23,24)19-11-17(21)18(22)12-20(19)28(25,26)16-9-5-14(2)6-10-16/h3-12,21-22H,1-2H3. The van der Waals surface area contributed by atoms with Crippen molar-refractivity contribution in [1.82, 2.24) is 0 Å². The van der Waals surface area contributed by atoms with Crippen LogP contribution in [0.15, 0.2) is 80.2 Å². The number of phenolic OH excluding ortho intramolecular Hbond substituents is 2. The normalized spacial score (nSPS) is 12.1. The number of aromatic hydroxyl groups is 2. The van der Waals surface area contributed by atoms with Crippen molar-refractivity contribution in [2.45, 2.75) is 33.4 Å². The Labute approximate surface area is 163 Å². The fraction of sp³-hybridized carbons (Fsp3) is 0.100. The highest BCUT2D eigenvalue weighted by Gasteiger charge is 2.31. The summed E-state index contributed by atoms with van der Waals surface area (Å²) in [6.07, 6.45) is 0. The zero-order valence-electron chi connectivity index (χ0n) is 15.1. The number of aryl methyl sites for hydroxylation is 2. The second-order valence-electron chi connectivity index (χ2n) is 6.42. The van der Waals surface area contributed by atoms with Gasteiger partial charge in [-0.1, -0.05) is 35.4 Å². The first-order valence-electron chi connectivity index (χ1n) is 8.23. The summed E-state index contributed by atoms with van der Waals surface area (Å²) in [5.74, 6) is -1.46. The maximum atomic E-state index is 13.1. The van der Waals surface area contributed by atoms with Crippen molar-refractivity contribution in [2.24, 2.45) is 0 Å². The molecule has 28 heavy (non-hydrogen) atoms. The van der Waals surface area contributed by atoms with Gasteiger partial charge in [-0.3, -0.25) is 0 Å². The van der Waals surface area contributed by atoms with Gasteiger partial charge in [0, 0.05) is 12.1 Å². The summed E-state index contributed by atoms with van der Waals surface area (Å²) in [4.78, 5) is -1.45. The van der Waals surface area contributed by atoms with Gasteiger partial charge in [0.15, 0.2) is 11.5 Å². The Morgan fingerprint density at radius 1 is 0.571 bits per heavy atom. The fourth-order valence-electron chi connectivity index (χ4n) is 2.65. The van der Waals surface area contributed by atoms with Crippen LogP contribution >= 0.6 is 0 Å². The van der Waals surface area contributed by atoms with E-state index in [1.807, 2.05) is 0 Å². The van der Waals surface area contributed by atoms with Crippen LogP contribution in [0.2, 0.25) is 0 Å². The van der Waals surface area contributed by atoms with Crippen molar-refractivity contribution < 1.29 is 27.0 Å². The largest absolute Gasteiger partial charge is 0.504 e. The quantitative estimate of drug-likeness (QED) is 0.629. The Bertz CT molecular complexity index is 1140. The number of hydrogen-bond donors (Lipinski definition) is 2. The Kier molecular flexibility index (Phi) is 4.95. The number of rotatable bonds is 4. The third kappa shape index (κ3) is 3.48. The molecule has 0 fully saturated rings. The van der Waals surface area contributed by atoms with E-state index in [4.69, 9.17) is 0 Å². The first-order chi connectivity index (χ1) is 13.0. The molecular formula is C20H18O6S2. The number of hydrogen-bond acceptors (Lipinski definition) is 6. The second kappa shape index (κ2) is 6.96. The van der Waals surface area contributed by atoms with Gasteiger partial charge >= 0.3 is 0 Å². The topological polar surface area (TPSA) is 109 Å². The van der Waals surface area contributed by atoms with Crippen LogP contribution in [0.4, 0.5) is 0 Å². The molecule has 0 aliphatic heterocycles. The molecule has 2 N–H and O–H groups in total. The molecule has 3 aromatic rings. The number of phenols is 2. The minimum absolute atomic E-state index is 0.122. The summed E-state index contributed by atoms with van der Waals surface area (Å²) in [6, 6.07) is 13.3. The van der Waals surface area contributed by atoms with Crippen molar-refractivity contribution in [3.05, 3.63) is 71.8 Å². The summed E-state index contributed by atoms with van der Waals surface area (Å²) in [7, 11) is -8.55. The molecule has 0 saturated heterocycles. The highest BCUT2D eigenvalue weighted by atomic mass is 32.2. The molecule has 0 amide bonds. The molecule has 146 valence electrons. The van der Waals surface area contributed by atoms with Gasteiger partial charge in [0.2, 0.25) is 19.7 Å². The van der Waals surface area contributed by atoms with E-state index in [1.165, 1.54) is 24.3 Å². The molecule has 0 saturated carbocycles. The fourth-order valence-corrected chi connectivity index (χ4v) is 5.98. The van der Waals surface area contributed by atoms with E-state index in [2.05, 4.69) is 0 Å². The minimum Gasteiger partial charge on any atom is -0.504 e. The average molecular weight is 418 g/mol. The lowest BCUT2D eigenvalue weighted by molar-refractivity contribution is 0.400. The van der Waals surface area contributed by atoms with Crippen molar-refractivity contribution in [2.75, 3.05) is 0 Å². The highest BCUT2D eigenvalue weighted by Crippen LogP contribution is 2.38. The first kappa shape index (κ1) is 19.9. The molecule has 0 aliphatic rings. The van der Waals surface area contributed by atoms with E-state index in [9.17, 15) is 27.0 Å². The molecule has 8 heteroatoms. The van der Waals surface area contributed by atoms with Gasteiger partial charge in [0.1, 0.15) is 0 Å². The summed E-state index contributed by atoms with van der Waals surface area (Å²) in [5.41, 5.74) is 1.67. The number of benzene rings is 3. The minimum atomic E-state index is -4.28. The first-order valence-corrected chi connectivity index (χ1v) is 11.2. The van der Waals surface area contributed by atoms with Crippen LogP contribution in [0.5, 0.6) is 11.5 Å². The van der Waals surface area contributed by atoms with Crippen LogP contribution in [0.1, 0.15) is 11.1 Å². The highest BCUT2D eigenvalue weighted by molar-refractivity contribution is 7.94. The van der Waals surface area contributed by atoms with Crippen molar-refractivity contribution in [3.8, 4) is 11.5 Å². The summed E-state index contributed by atoms with van der Waals surface area (Å²) in [5, 5.41) is 19.7. The second-order valence-corrected chi connectivity index (χ2v) is 10.3. The molecule has 0 unspecified atom stereocenters. The van der Waals surface area contributed by atoms with E-state index in [0.29, 0.717) is 0 Å². The summed E-state index contributed by atoms with van der Waals surface area (Å²) < 4.78 is 52.4. The Morgan fingerprint density at radius 3 is 1.14 bits per heavy atom. The van der Waals surface area contributed by atoms with Crippen LogP contribution in [0.3, 0.4) is 0 Å². The molecule has 0 bridgehead atoms. The Balaban J connectivity index is 2.30. The third-order valence-corrected chi connectivity index (χ3v) is 8.03. The monoisotopic (exact) mass is 418 g/mol. The zero-order chi connectivity index (χ0) is 20.7. The van der Waals surface area contributed by atoms with Crippen LogP contribution in [0, 0.1) is 13.8 Å². The average Bonchev–Trinajstić information content (AvgIpc) is 2.64. The predicted octanol–water partition coefficient (Wildman–Crippen LogP) is 3.38. The van der Waals surface area contributed by atoms with Gasteiger partial charge in [0.25, 0.3) is 0 Å². The maximum Gasteiger partial charge on any atom is 0.208 e. The maximum absolute atomic E-state index is 13.1. The van der Waals surface area contributed by atoms with Gasteiger partial charge in [-0.15, -0.1) is 0 Å². The molecule has 0 heterocycles. The van der Waals surface area contributed by atoms with Crippen molar-refractivity contribution >= 4 is 19.7 Å². The lowest BCUT2D eigenvalue weighted by Gasteiger charge is -2.13. The Hall–Kier alpha value is -2.84. The predicted molar refractivity (Wildman–Crippen MR) is 103 cm³/mol. The van der Waals surface area contributed by atoms with Gasteiger partial charge in [-0.05, 0) is 38.1 Å². The molecule has 6 nitrogen and oxygen atoms in total. The van der Waals surface area contributed by atoms with Crippen molar-refractivity contribution in [3.63, 3.8) is 0 Å².